The molecule has 0 aliphatic heterocycles. The summed E-state index contributed by atoms with van der Waals surface area (Å²) in [6, 6.07) is 28.0. The molecular weight excluding hydrogens is 637 g/mol. The van der Waals surface area contributed by atoms with E-state index in [9.17, 15) is 26.7 Å². The number of nitrogens with zero attached hydrogens (tertiary/aromatic N) is 1. The van der Waals surface area contributed by atoms with Crippen LogP contribution in [-0.4, -0.2) is 44.5 Å². The highest BCUT2D eigenvalue weighted by atomic mass is 32.2. The second kappa shape index (κ2) is 13.7. The van der Waals surface area contributed by atoms with Crippen LogP contribution in [0, 0.1) is 6.92 Å². The topological polar surface area (TPSA) is 147 Å². The lowest BCUT2D eigenvalue weighted by molar-refractivity contribution is 0.0981. The first-order valence-corrected chi connectivity index (χ1v) is 18.0. The number of aromatic nitrogens is 1. The number of sulfonamides is 2. The molecule has 1 heterocycles. The monoisotopic (exact) mass is 674 g/mol. The highest BCUT2D eigenvalue weighted by molar-refractivity contribution is 7.92. The number of β-amino-alcohol motifs (C(OH)–C–C–N with tert-alkyl or cyclic N) is 1. The number of carbonyl (C=O) groups excluding carboxylic acids is 1. The van der Waals surface area contributed by atoms with Crippen molar-refractivity contribution in [3.05, 3.63) is 126 Å². The van der Waals surface area contributed by atoms with E-state index in [4.69, 9.17) is 0 Å². The van der Waals surface area contributed by atoms with Crippen LogP contribution in [0.1, 0.15) is 47.9 Å². The summed E-state index contributed by atoms with van der Waals surface area (Å²) in [6.07, 6.45) is 1.75. The third kappa shape index (κ3) is 8.46. The van der Waals surface area contributed by atoms with Crippen molar-refractivity contribution in [3.63, 3.8) is 0 Å². The molecule has 1 unspecified atom stereocenters. The van der Waals surface area contributed by atoms with Crippen molar-refractivity contribution in [1.29, 1.82) is 0 Å². The molecule has 12 heteroatoms. The van der Waals surface area contributed by atoms with E-state index < -0.39 is 32.1 Å². The molecule has 0 saturated carbocycles. The van der Waals surface area contributed by atoms with Gasteiger partial charge in [-0.2, -0.15) is 0 Å². The second-order valence-electron chi connectivity index (χ2n) is 12.1. The van der Waals surface area contributed by atoms with Gasteiger partial charge in [0.15, 0.2) is 0 Å². The summed E-state index contributed by atoms with van der Waals surface area (Å²) in [5.41, 5.74) is 2.61. The number of nitrogens with one attached hydrogen (secondary N) is 3. The molecule has 0 spiro atoms. The van der Waals surface area contributed by atoms with Gasteiger partial charge in [-0.1, -0.05) is 48.0 Å². The lowest BCUT2D eigenvalue weighted by Gasteiger charge is -2.28. The Morgan fingerprint density at radius 2 is 1.53 bits per heavy atom. The van der Waals surface area contributed by atoms with Crippen molar-refractivity contribution in [2.75, 3.05) is 11.3 Å². The van der Waals surface area contributed by atoms with Crippen LogP contribution in [-0.2, 0) is 26.6 Å². The number of anilines is 1. The molecule has 5 rings (SSSR count). The Labute approximate surface area is 275 Å². The minimum absolute atomic E-state index is 0.0206. The maximum absolute atomic E-state index is 12.8. The molecule has 0 aliphatic rings. The number of hydrogen-bond donors (Lipinski definition) is 4. The van der Waals surface area contributed by atoms with Gasteiger partial charge in [0.1, 0.15) is 0 Å². The highest BCUT2D eigenvalue weighted by Gasteiger charge is 2.22. The first-order chi connectivity index (χ1) is 22.2. The van der Waals surface area contributed by atoms with E-state index in [-0.39, 0.29) is 27.4 Å². The molecule has 1 amide bonds. The summed E-state index contributed by atoms with van der Waals surface area (Å²) in [5, 5.41) is 15.1. The zero-order chi connectivity index (χ0) is 33.8. The Hall–Kier alpha value is -4.49. The maximum Gasteiger partial charge on any atom is 0.265 e. The van der Waals surface area contributed by atoms with Gasteiger partial charge in [0, 0.05) is 47.0 Å². The van der Waals surface area contributed by atoms with Gasteiger partial charge in [0.25, 0.3) is 26.0 Å². The molecule has 10 nitrogen and oxygen atoms in total. The van der Waals surface area contributed by atoms with E-state index in [1.807, 2.05) is 33.0 Å². The van der Waals surface area contributed by atoms with Crippen molar-refractivity contribution >= 4 is 42.5 Å². The van der Waals surface area contributed by atoms with Crippen LogP contribution in [0.15, 0.2) is 119 Å². The second-order valence-corrected chi connectivity index (χ2v) is 15.5. The van der Waals surface area contributed by atoms with E-state index in [0.29, 0.717) is 24.2 Å². The quantitative estimate of drug-likeness (QED) is 0.132. The molecular formula is C35H38N4O6S2. The normalized spacial score (nSPS) is 12.9. The third-order valence-electron chi connectivity index (χ3n) is 7.92. The number of amides is 1. The summed E-state index contributed by atoms with van der Waals surface area (Å²) < 4.78 is 57.6. The third-order valence-corrected chi connectivity index (χ3v) is 10.7. The van der Waals surface area contributed by atoms with Crippen molar-refractivity contribution < 1.29 is 26.7 Å². The van der Waals surface area contributed by atoms with Crippen LogP contribution in [0.3, 0.4) is 0 Å². The molecule has 47 heavy (non-hydrogen) atoms. The van der Waals surface area contributed by atoms with Gasteiger partial charge in [-0.3, -0.25) is 9.52 Å². The summed E-state index contributed by atoms with van der Waals surface area (Å²) in [7, 11) is -7.76. The van der Waals surface area contributed by atoms with Gasteiger partial charge in [-0.25, -0.2) is 21.6 Å². The average molecular weight is 675 g/mol. The van der Waals surface area contributed by atoms with Crippen LogP contribution in [0.25, 0.3) is 10.9 Å². The van der Waals surface area contributed by atoms with Gasteiger partial charge in [0.05, 0.1) is 15.9 Å². The number of fused-ring (bicyclic) bond motifs is 1. The first-order valence-electron chi connectivity index (χ1n) is 15.1. The SMILES string of the molecule is Cc1ccc(S(=O)(=O)NC(=O)c2ccc3c(ccn3CCC(C)(C)NCC(O)c3cccc(NS(=O)(=O)c4ccccc4)c3)c2)cc1. The van der Waals surface area contributed by atoms with Gasteiger partial charge in [0.2, 0.25) is 0 Å². The Morgan fingerprint density at radius 3 is 2.26 bits per heavy atom. The zero-order valence-corrected chi connectivity index (χ0v) is 28.0. The van der Waals surface area contributed by atoms with Crippen LogP contribution in [0.5, 0.6) is 0 Å². The Balaban J connectivity index is 1.17. The molecule has 0 radical (unpaired) electrons. The van der Waals surface area contributed by atoms with Crippen molar-refractivity contribution in [2.45, 2.75) is 55.2 Å². The number of hydrogen-bond acceptors (Lipinski definition) is 7. The van der Waals surface area contributed by atoms with Crippen molar-refractivity contribution in [3.8, 4) is 0 Å². The lowest BCUT2D eigenvalue weighted by atomic mass is 9.99. The van der Waals surface area contributed by atoms with Crippen LogP contribution in [0.2, 0.25) is 0 Å². The fourth-order valence-electron chi connectivity index (χ4n) is 5.10. The number of aliphatic hydroxyl groups is 1. The van der Waals surface area contributed by atoms with Crippen LogP contribution < -0.4 is 14.8 Å². The van der Waals surface area contributed by atoms with Crippen molar-refractivity contribution in [2.24, 2.45) is 0 Å². The Bertz CT molecular complexity index is 2090. The molecule has 1 aromatic heterocycles. The Kier molecular flexibility index (Phi) is 9.87. The fraction of sp³-hybridized carbons (Fsp3) is 0.229. The standard InChI is InChI=1S/C35H38N4O6S2/c1-25-12-15-31(16-13-25)47(44,45)38-34(41)28-14-17-32-26(22-28)18-20-39(32)21-19-35(2,3)36-24-33(40)27-8-7-9-29(23-27)37-46(42,43)30-10-5-4-6-11-30/h4-18,20,22-23,33,36-37,40H,19,21,24H2,1-3H3,(H,38,41). The minimum Gasteiger partial charge on any atom is -0.387 e. The maximum atomic E-state index is 12.8. The highest BCUT2D eigenvalue weighted by Crippen LogP contribution is 2.23. The average Bonchev–Trinajstić information content (AvgIpc) is 3.45. The predicted molar refractivity (Wildman–Crippen MR) is 183 cm³/mol. The number of rotatable bonds is 13. The van der Waals surface area contributed by atoms with E-state index >= 15 is 0 Å². The number of aliphatic hydroxyl groups excluding tert-OH is 1. The molecule has 5 aromatic rings. The molecule has 1 atom stereocenters. The smallest absolute Gasteiger partial charge is 0.265 e. The molecule has 4 aromatic carbocycles. The fourth-order valence-corrected chi connectivity index (χ4v) is 7.14. The van der Waals surface area contributed by atoms with E-state index in [0.717, 1.165) is 16.5 Å². The number of carbonyl (C=O) groups is 1. The summed E-state index contributed by atoms with van der Waals surface area (Å²) in [4.78, 5) is 13.0. The molecule has 246 valence electrons. The van der Waals surface area contributed by atoms with Gasteiger partial charge >= 0.3 is 0 Å². The summed E-state index contributed by atoms with van der Waals surface area (Å²) >= 11 is 0. The van der Waals surface area contributed by atoms with E-state index in [1.165, 1.54) is 24.3 Å². The molecule has 4 N–H and O–H groups in total. The lowest BCUT2D eigenvalue weighted by Crippen LogP contribution is -2.42. The van der Waals surface area contributed by atoms with Crippen molar-refractivity contribution in [1.82, 2.24) is 14.6 Å². The molecule has 0 bridgehead atoms. The van der Waals surface area contributed by atoms with Gasteiger partial charge in [-0.15, -0.1) is 0 Å². The number of aryl methyl sites for hydroxylation is 2. The molecule has 0 saturated heterocycles. The van der Waals surface area contributed by atoms with Crippen LogP contribution in [0.4, 0.5) is 5.69 Å². The minimum atomic E-state index is -4.00. The zero-order valence-electron chi connectivity index (χ0n) is 26.3. The summed E-state index contributed by atoms with van der Waals surface area (Å²) in [6.45, 7) is 6.81. The first kappa shape index (κ1) is 33.9. The number of benzene rings is 4. The summed E-state index contributed by atoms with van der Waals surface area (Å²) in [5.74, 6) is -0.705. The van der Waals surface area contributed by atoms with Gasteiger partial charge in [-0.05, 0) is 93.4 Å². The predicted octanol–water partition coefficient (Wildman–Crippen LogP) is 5.36. The molecule has 0 fully saturated rings. The van der Waals surface area contributed by atoms with Crippen LogP contribution >= 0.6 is 0 Å². The van der Waals surface area contributed by atoms with Gasteiger partial charge < -0.3 is 15.0 Å². The molecule has 0 aliphatic carbocycles. The van der Waals surface area contributed by atoms with E-state index in [1.54, 1.807) is 72.8 Å². The Morgan fingerprint density at radius 1 is 0.830 bits per heavy atom. The van der Waals surface area contributed by atoms with E-state index in [2.05, 4.69) is 19.3 Å². The largest absolute Gasteiger partial charge is 0.387 e.